The summed E-state index contributed by atoms with van der Waals surface area (Å²) in [6.07, 6.45) is -0.383. The number of halogens is 4. The van der Waals surface area contributed by atoms with Crippen molar-refractivity contribution in [3.63, 3.8) is 0 Å². The van der Waals surface area contributed by atoms with Crippen LogP contribution in [0.25, 0.3) is 5.65 Å². The van der Waals surface area contributed by atoms with E-state index in [9.17, 15) is 13.2 Å². The van der Waals surface area contributed by atoms with E-state index in [4.69, 9.17) is 5.10 Å². The summed E-state index contributed by atoms with van der Waals surface area (Å²) in [6, 6.07) is 7.08. The third kappa shape index (κ3) is 5.45. The number of alkyl halides is 3. The number of nitrogens with one attached hydrogen (secondary N) is 2. The van der Waals surface area contributed by atoms with E-state index < -0.39 is 11.7 Å². The molecule has 1 saturated heterocycles. The maximum Gasteiger partial charge on any atom is 0.416 e. The third-order valence-electron chi connectivity index (χ3n) is 5.07. The summed E-state index contributed by atoms with van der Waals surface area (Å²) < 4.78 is 41.1. The minimum Gasteiger partial charge on any atom is -0.352 e. The molecule has 3 heterocycles. The quantitative estimate of drug-likeness (QED) is 0.486. The van der Waals surface area contributed by atoms with E-state index in [1.54, 1.807) is 28.5 Å². The monoisotopic (exact) mass is 471 g/mol. The summed E-state index contributed by atoms with van der Waals surface area (Å²) in [5, 5.41) is 12.6. The average Bonchev–Trinajstić information content (AvgIpc) is 3.13. The number of aromatic nitrogens is 3. The van der Waals surface area contributed by atoms with Crippen molar-refractivity contribution in [3.8, 4) is 0 Å². The predicted molar refractivity (Wildman–Crippen MR) is 121 cm³/mol. The smallest absolute Gasteiger partial charge is 0.352 e. The van der Waals surface area contributed by atoms with Crippen LogP contribution in [0.2, 0.25) is 0 Å². The molecule has 10 heteroatoms. The highest BCUT2D eigenvalue weighted by molar-refractivity contribution is 7.99. The fourth-order valence-electron chi connectivity index (χ4n) is 3.53. The van der Waals surface area contributed by atoms with Gasteiger partial charge in [-0.2, -0.15) is 18.3 Å². The molecule has 3 aromatic rings. The molecule has 2 N–H and O–H groups in total. The van der Waals surface area contributed by atoms with Crippen LogP contribution in [0.15, 0.2) is 41.6 Å². The lowest BCUT2D eigenvalue weighted by molar-refractivity contribution is -0.137. The number of hydrogen-bond donors (Lipinski definition) is 2. The van der Waals surface area contributed by atoms with Crippen molar-refractivity contribution in [3.05, 3.63) is 47.8 Å². The Morgan fingerprint density at radius 1 is 1.26 bits per heavy atom. The Kier molecular flexibility index (Phi) is 7.39. The number of piperidine rings is 1. The van der Waals surface area contributed by atoms with Crippen LogP contribution in [0.5, 0.6) is 0 Å². The number of anilines is 2. The zero-order chi connectivity index (χ0) is 21.3. The number of hydrogen-bond acceptors (Lipinski definition) is 5. The fourth-order valence-corrected chi connectivity index (χ4v) is 4.67. The summed E-state index contributed by atoms with van der Waals surface area (Å²) >= 11 is 1.69. The Bertz CT molecular complexity index is 1030. The molecule has 1 aliphatic heterocycles. The molecular formula is C21H25ClF3N5S. The lowest BCUT2D eigenvalue weighted by Gasteiger charge is -2.22. The molecule has 0 aliphatic carbocycles. The van der Waals surface area contributed by atoms with E-state index in [2.05, 4.69) is 29.5 Å². The zero-order valence-electron chi connectivity index (χ0n) is 17.2. The van der Waals surface area contributed by atoms with Crippen molar-refractivity contribution in [2.24, 2.45) is 0 Å². The highest BCUT2D eigenvalue weighted by Crippen LogP contribution is 2.34. The molecule has 0 bridgehead atoms. The van der Waals surface area contributed by atoms with Crippen LogP contribution in [-0.4, -0.2) is 32.9 Å². The average molecular weight is 472 g/mol. The summed E-state index contributed by atoms with van der Waals surface area (Å²) in [5.41, 5.74) is 1.88. The first-order chi connectivity index (χ1) is 14.3. The summed E-state index contributed by atoms with van der Waals surface area (Å²) in [6.45, 7) is 6.08. The minimum atomic E-state index is -4.39. The molecule has 0 saturated carbocycles. The lowest BCUT2D eigenvalue weighted by Crippen LogP contribution is -2.31. The van der Waals surface area contributed by atoms with Gasteiger partial charge in [-0.15, -0.1) is 12.4 Å². The van der Waals surface area contributed by atoms with Crippen molar-refractivity contribution in [1.82, 2.24) is 19.9 Å². The Hall–Kier alpha value is -1.97. The van der Waals surface area contributed by atoms with Crippen molar-refractivity contribution < 1.29 is 13.2 Å². The molecule has 0 radical (unpaired) electrons. The Balaban J connectivity index is 0.00000272. The van der Waals surface area contributed by atoms with Gasteiger partial charge in [0.15, 0.2) is 5.65 Å². The third-order valence-corrected chi connectivity index (χ3v) is 6.25. The van der Waals surface area contributed by atoms with E-state index in [1.807, 2.05) is 6.07 Å². The van der Waals surface area contributed by atoms with Crippen LogP contribution >= 0.6 is 24.2 Å². The van der Waals surface area contributed by atoms with Crippen LogP contribution in [0, 0.1) is 0 Å². The van der Waals surface area contributed by atoms with Crippen LogP contribution < -0.4 is 10.6 Å². The number of thioether (sulfide) groups is 1. The molecule has 5 nitrogen and oxygen atoms in total. The number of nitrogens with zero attached hydrogens (tertiary/aromatic N) is 3. The van der Waals surface area contributed by atoms with E-state index in [0.717, 1.165) is 48.8 Å². The van der Waals surface area contributed by atoms with Gasteiger partial charge in [0, 0.05) is 17.5 Å². The van der Waals surface area contributed by atoms with Crippen LogP contribution in [-0.2, 0) is 6.18 Å². The Morgan fingerprint density at radius 2 is 2.06 bits per heavy atom. The second-order valence-electron chi connectivity index (χ2n) is 7.76. The number of fused-ring (bicyclic) bond motifs is 1. The van der Waals surface area contributed by atoms with Crippen molar-refractivity contribution in [1.29, 1.82) is 0 Å². The molecule has 1 aliphatic rings. The molecule has 4 rings (SSSR count). The maximum absolute atomic E-state index is 13.1. The maximum atomic E-state index is 13.1. The van der Waals surface area contributed by atoms with Crippen molar-refractivity contribution in [2.75, 3.05) is 18.4 Å². The molecule has 1 fully saturated rings. The largest absolute Gasteiger partial charge is 0.416 e. The molecule has 1 atom stereocenters. The minimum absolute atomic E-state index is 0. The van der Waals surface area contributed by atoms with Gasteiger partial charge in [0.05, 0.1) is 23.1 Å². The zero-order valence-corrected chi connectivity index (χ0v) is 18.9. The van der Waals surface area contributed by atoms with E-state index in [1.165, 1.54) is 6.07 Å². The summed E-state index contributed by atoms with van der Waals surface area (Å²) in [5.74, 6) is 0.213. The van der Waals surface area contributed by atoms with Gasteiger partial charge < -0.3 is 10.6 Å². The second kappa shape index (κ2) is 9.67. The molecule has 2 aromatic heterocycles. The molecule has 0 amide bonds. The lowest BCUT2D eigenvalue weighted by atomic mass is 10.1. The van der Waals surface area contributed by atoms with Crippen LogP contribution in [0.3, 0.4) is 0 Å². The van der Waals surface area contributed by atoms with Crippen LogP contribution in [0.1, 0.15) is 43.9 Å². The molecule has 31 heavy (non-hydrogen) atoms. The Labute approximate surface area is 189 Å². The molecular weight excluding hydrogens is 447 g/mol. The predicted octanol–water partition coefficient (Wildman–Crippen LogP) is 5.88. The first-order valence-electron chi connectivity index (χ1n) is 10.0. The fraction of sp³-hybridized carbons (Fsp3) is 0.429. The number of benzene rings is 1. The molecule has 1 aromatic carbocycles. The van der Waals surface area contributed by atoms with Crippen LogP contribution in [0.4, 0.5) is 24.5 Å². The van der Waals surface area contributed by atoms with Crippen molar-refractivity contribution >= 4 is 41.2 Å². The van der Waals surface area contributed by atoms with Gasteiger partial charge in [0.1, 0.15) is 5.03 Å². The topological polar surface area (TPSA) is 54.2 Å². The normalized spacial score (nSPS) is 17.0. The van der Waals surface area contributed by atoms with E-state index in [-0.39, 0.29) is 18.3 Å². The van der Waals surface area contributed by atoms with E-state index in [0.29, 0.717) is 22.3 Å². The number of imidazole rings is 1. The van der Waals surface area contributed by atoms with Crippen molar-refractivity contribution in [2.45, 2.75) is 49.1 Å². The highest BCUT2D eigenvalue weighted by Gasteiger charge is 2.30. The van der Waals surface area contributed by atoms with E-state index >= 15 is 0 Å². The highest BCUT2D eigenvalue weighted by atomic mass is 35.5. The second-order valence-corrected chi connectivity index (χ2v) is 9.08. The molecule has 168 valence electrons. The van der Waals surface area contributed by atoms with Gasteiger partial charge in [-0.05, 0) is 49.6 Å². The van der Waals surface area contributed by atoms with Gasteiger partial charge >= 0.3 is 6.18 Å². The first-order valence-corrected chi connectivity index (χ1v) is 10.9. The molecule has 0 spiro atoms. The first kappa shape index (κ1) is 23.7. The number of rotatable bonds is 5. The van der Waals surface area contributed by atoms with Gasteiger partial charge in [0.2, 0.25) is 0 Å². The van der Waals surface area contributed by atoms with Gasteiger partial charge in [-0.3, -0.25) is 0 Å². The Morgan fingerprint density at radius 3 is 2.74 bits per heavy atom. The standard InChI is InChI=1S/C21H24F3N5S.ClH/c1-13(2)18-12-26-20-17(27-15-6-3-5-14(9-15)21(22,23)24)10-19(28-29(18)20)30-16-7-4-8-25-11-16;/h3,5-6,9-10,12-13,16,25,27H,4,7-8,11H2,1-2H3;1H. The summed E-state index contributed by atoms with van der Waals surface area (Å²) in [7, 11) is 0. The summed E-state index contributed by atoms with van der Waals surface area (Å²) in [4.78, 5) is 4.49. The van der Waals surface area contributed by atoms with Gasteiger partial charge in [-0.25, -0.2) is 9.50 Å². The van der Waals surface area contributed by atoms with Gasteiger partial charge in [0.25, 0.3) is 0 Å². The SMILES string of the molecule is CC(C)c1cnc2c(Nc3cccc(C(F)(F)F)c3)cc(SC3CCCNC3)nn12.Cl. The molecule has 1 unspecified atom stereocenters. The van der Waals surface area contributed by atoms with Gasteiger partial charge in [-0.1, -0.05) is 31.7 Å².